The quantitative estimate of drug-likeness (QED) is 0.387. The van der Waals surface area contributed by atoms with Gasteiger partial charge < -0.3 is 10.5 Å². The number of para-hydroxylation sites is 1. The summed E-state index contributed by atoms with van der Waals surface area (Å²) in [6.07, 6.45) is 2.49. The van der Waals surface area contributed by atoms with Gasteiger partial charge in [0.25, 0.3) is 5.91 Å². The number of hydrogen-bond acceptors (Lipinski definition) is 6. The third kappa shape index (κ3) is 4.53. The average molecular weight is 493 g/mol. The summed E-state index contributed by atoms with van der Waals surface area (Å²) >= 11 is 0. The smallest absolute Gasteiger partial charge is 0.254 e. The molecule has 186 valence electrons. The monoisotopic (exact) mass is 492 g/mol. The number of aliphatic hydroxyl groups excluding tert-OH is 1. The Kier molecular flexibility index (Phi) is 6.62. The second-order valence-corrected chi connectivity index (χ2v) is 9.67. The van der Waals surface area contributed by atoms with Crippen LogP contribution in [0, 0.1) is 17.2 Å². The highest BCUT2D eigenvalue weighted by Crippen LogP contribution is 2.38. The normalized spacial score (nSPS) is 22.1. The molecule has 3 aromatic carbocycles. The first-order valence-corrected chi connectivity index (χ1v) is 12.3. The highest BCUT2D eigenvalue weighted by molar-refractivity contribution is 6.24. The lowest BCUT2D eigenvalue weighted by atomic mass is 9.90. The van der Waals surface area contributed by atoms with Gasteiger partial charge in [-0.25, -0.2) is 9.91 Å². The molecule has 2 aliphatic rings. The first kappa shape index (κ1) is 24.4. The Morgan fingerprint density at radius 3 is 2.14 bits per heavy atom. The van der Waals surface area contributed by atoms with E-state index in [-0.39, 0.29) is 11.8 Å². The lowest BCUT2D eigenvalue weighted by Crippen LogP contribution is -2.55. The van der Waals surface area contributed by atoms with E-state index in [1.165, 1.54) is 10.5 Å². The van der Waals surface area contributed by atoms with Crippen molar-refractivity contribution in [3.63, 3.8) is 0 Å². The summed E-state index contributed by atoms with van der Waals surface area (Å²) in [7, 11) is 0. The van der Waals surface area contributed by atoms with Crippen molar-refractivity contribution < 1.29 is 14.7 Å². The molecule has 0 bridgehead atoms. The number of nitriles is 1. The molecule has 4 atom stereocenters. The molecular formula is C30H28N4O3. The van der Waals surface area contributed by atoms with Crippen LogP contribution in [-0.4, -0.2) is 34.0 Å². The van der Waals surface area contributed by atoms with Gasteiger partial charge in [-0.2, -0.15) is 5.26 Å². The van der Waals surface area contributed by atoms with Gasteiger partial charge in [0.05, 0.1) is 35.4 Å². The maximum absolute atomic E-state index is 13.8. The summed E-state index contributed by atoms with van der Waals surface area (Å²) < 4.78 is 0. The Bertz CT molecular complexity index is 1360. The molecule has 37 heavy (non-hydrogen) atoms. The zero-order valence-electron chi connectivity index (χ0n) is 20.7. The molecule has 4 unspecified atom stereocenters. The third-order valence-electron chi connectivity index (χ3n) is 7.01. The van der Waals surface area contributed by atoms with Gasteiger partial charge in [-0.1, -0.05) is 68.5 Å². The van der Waals surface area contributed by atoms with E-state index in [4.69, 9.17) is 5.26 Å². The van der Waals surface area contributed by atoms with Crippen molar-refractivity contribution in [1.82, 2.24) is 5.01 Å². The molecule has 7 nitrogen and oxygen atoms in total. The molecule has 2 N–H and O–H groups in total. The average Bonchev–Trinajstić information content (AvgIpc) is 3.19. The minimum Gasteiger partial charge on any atom is -0.386 e. The fourth-order valence-corrected chi connectivity index (χ4v) is 4.95. The molecule has 5 rings (SSSR count). The zero-order valence-corrected chi connectivity index (χ0v) is 20.7. The molecule has 2 aliphatic heterocycles. The van der Waals surface area contributed by atoms with Gasteiger partial charge in [0, 0.05) is 5.69 Å². The summed E-state index contributed by atoms with van der Waals surface area (Å²) in [5, 5.41) is 22.2. The molecule has 0 saturated carbocycles. The molecular weight excluding hydrogens is 464 g/mol. The van der Waals surface area contributed by atoms with Crippen molar-refractivity contribution in [2.45, 2.75) is 38.0 Å². The second-order valence-electron chi connectivity index (χ2n) is 9.67. The Hall–Kier alpha value is -4.25. The van der Waals surface area contributed by atoms with Crippen LogP contribution < -0.4 is 10.3 Å². The van der Waals surface area contributed by atoms with Gasteiger partial charge in [-0.15, -0.1) is 0 Å². The van der Waals surface area contributed by atoms with Crippen molar-refractivity contribution in [3.05, 3.63) is 108 Å². The van der Waals surface area contributed by atoms with Crippen LogP contribution in [0.1, 0.15) is 42.6 Å². The SMILES string of the molecule is CC(C)c1ccc(NN2C(C(O)c3ccc(C#N)cc3)C=CC3C(=O)N(c4ccccc4)C(=O)C32)cc1. The predicted molar refractivity (Wildman–Crippen MR) is 141 cm³/mol. The molecule has 0 spiro atoms. The van der Waals surface area contributed by atoms with E-state index < -0.39 is 24.1 Å². The van der Waals surface area contributed by atoms with Gasteiger partial charge >= 0.3 is 0 Å². The fraction of sp³-hybridized carbons (Fsp3) is 0.233. The van der Waals surface area contributed by atoms with Gasteiger partial charge in [0.15, 0.2) is 0 Å². The Balaban J connectivity index is 1.52. The summed E-state index contributed by atoms with van der Waals surface area (Å²) in [5.41, 5.74) is 6.87. The van der Waals surface area contributed by atoms with Gasteiger partial charge in [0.2, 0.25) is 5.91 Å². The van der Waals surface area contributed by atoms with Gasteiger partial charge in [-0.3, -0.25) is 9.59 Å². The van der Waals surface area contributed by atoms with Crippen LogP contribution in [0.15, 0.2) is 91.0 Å². The highest BCUT2D eigenvalue weighted by Gasteiger charge is 2.54. The van der Waals surface area contributed by atoms with Gasteiger partial charge in [0.1, 0.15) is 6.04 Å². The third-order valence-corrected chi connectivity index (χ3v) is 7.01. The van der Waals surface area contributed by atoms with Crippen molar-refractivity contribution in [2.75, 3.05) is 10.3 Å². The molecule has 1 fully saturated rings. The molecule has 0 aliphatic carbocycles. The lowest BCUT2D eigenvalue weighted by molar-refractivity contribution is -0.123. The van der Waals surface area contributed by atoms with E-state index in [1.54, 1.807) is 65.7 Å². The largest absolute Gasteiger partial charge is 0.386 e. The van der Waals surface area contributed by atoms with E-state index >= 15 is 0 Å². The number of carbonyl (C=O) groups excluding carboxylic acids is 2. The molecule has 2 amide bonds. The fourth-order valence-electron chi connectivity index (χ4n) is 4.95. The number of imide groups is 1. The maximum atomic E-state index is 13.8. The van der Waals surface area contributed by atoms with Crippen LogP contribution in [0.2, 0.25) is 0 Å². The molecule has 3 aromatic rings. The van der Waals surface area contributed by atoms with Crippen LogP contribution in [0.25, 0.3) is 0 Å². The Labute approximate surface area is 216 Å². The minimum absolute atomic E-state index is 0.300. The highest BCUT2D eigenvalue weighted by atomic mass is 16.3. The molecule has 0 aromatic heterocycles. The van der Waals surface area contributed by atoms with E-state index in [1.807, 2.05) is 30.3 Å². The van der Waals surface area contributed by atoms with Crippen LogP contribution in [-0.2, 0) is 9.59 Å². The number of aliphatic hydroxyl groups is 1. The van der Waals surface area contributed by atoms with Crippen molar-refractivity contribution in [1.29, 1.82) is 5.26 Å². The summed E-state index contributed by atoms with van der Waals surface area (Å²) in [4.78, 5) is 28.4. The van der Waals surface area contributed by atoms with Gasteiger partial charge in [-0.05, 0) is 53.4 Å². The van der Waals surface area contributed by atoms with E-state index in [2.05, 4.69) is 25.3 Å². The van der Waals surface area contributed by atoms with E-state index in [0.29, 0.717) is 22.7 Å². The number of fused-ring (bicyclic) bond motifs is 1. The predicted octanol–water partition coefficient (Wildman–Crippen LogP) is 4.54. The molecule has 7 heteroatoms. The van der Waals surface area contributed by atoms with Crippen molar-refractivity contribution >= 4 is 23.2 Å². The first-order valence-electron chi connectivity index (χ1n) is 12.3. The number of carbonyl (C=O) groups is 2. The number of nitrogens with zero attached hydrogens (tertiary/aromatic N) is 3. The minimum atomic E-state index is -1.01. The number of anilines is 2. The van der Waals surface area contributed by atoms with Crippen molar-refractivity contribution in [3.8, 4) is 6.07 Å². The summed E-state index contributed by atoms with van der Waals surface area (Å²) in [6, 6.07) is 24.1. The number of amides is 2. The van der Waals surface area contributed by atoms with Crippen molar-refractivity contribution in [2.24, 2.45) is 5.92 Å². The van der Waals surface area contributed by atoms with Crippen LogP contribution in [0.5, 0.6) is 0 Å². The summed E-state index contributed by atoms with van der Waals surface area (Å²) in [6.45, 7) is 4.24. The van der Waals surface area contributed by atoms with Crippen LogP contribution in [0.3, 0.4) is 0 Å². The summed E-state index contributed by atoms with van der Waals surface area (Å²) in [5.74, 6) is -0.977. The molecule has 2 heterocycles. The number of rotatable bonds is 6. The first-order chi connectivity index (χ1) is 17.9. The Morgan fingerprint density at radius 1 is 0.865 bits per heavy atom. The lowest BCUT2D eigenvalue weighted by Gasteiger charge is -2.40. The van der Waals surface area contributed by atoms with Crippen LogP contribution >= 0.6 is 0 Å². The van der Waals surface area contributed by atoms with E-state index in [9.17, 15) is 14.7 Å². The topological polar surface area (TPSA) is 96.7 Å². The number of nitrogens with one attached hydrogen (secondary N) is 1. The number of benzene rings is 3. The standard InChI is InChI=1S/C30H28N4O3/c1-19(2)21-12-14-23(15-13-21)32-34-26(28(35)22-10-8-20(18-31)9-11-22)17-16-25-27(34)30(37)33(29(25)36)24-6-4-3-5-7-24/h3-17,19,25-28,32,35H,1-2H3. The second kappa shape index (κ2) is 10.0. The van der Waals surface area contributed by atoms with Crippen LogP contribution in [0.4, 0.5) is 11.4 Å². The van der Waals surface area contributed by atoms with E-state index in [0.717, 1.165) is 5.69 Å². The maximum Gasteiger partial charge on any atom is 0.254 e. The zero-order chi connectivity index (χ0) is 26.1. The number of hydrazine groups is 1. The molecule has 0 radical (unpaired) electrons. The number of hydrogen-bond donors (Lipinski definition) is 2. The molecule has 1 saturated heterocycles. The Morgan fingerprint density at radius 2 is 1.51 bits per heavy atom.